The molecule has 0 bridgehead atoms. The zero-order chi connectivity index (χ0) is 15.2. The van der Waals surface area contributed by atoms with E-state index >= 15 is 0 Å². The normalized spacial score (nSPS) is 17.0. The predicted octanol–water partition coefficient (Wildman–Crippen LogP) is 4.39. The molecule has 1 atom stereocenters. The molecule has 2 N–H and O–H groups in total. The molecule has 1 aliphatic rings. The van der Waals surface area contributed by atoms with E-state index in [0.717, 1.165) is 11.8 Å². The summed E-state index contributed by atoms with van der Waals surface area (Å²) in [5, 5.41) is 6.92. The molecule has 1 aromatic heterocycles. The van der Waals surface area contributed by atoms with Crippen molar-refractivity contribution in [2.45, 2.75) is 51.1 Å². The molecule has 1 fully saturated rings. The highest BCUT2D eigenvalue weighted by Crippen LogP contribution is 2.21. The second-order valence-electron chi connectivity index (χ2n) is 6.02. The molecule has 1 aromatic carbocycles. The summed E-state index contributed by atoms with van der Waals surface area (Å²) in [4.78, 5) is 8.95. The van der Waals surface area contributed by atoms with Crippen LogP contribution in [0.5, 0.6) is 0 Å². The van der Waals surface area contributed by atoms with Crippen molar-refractivity contribution in [3.05, 3.63) is 48.2 Å². The van der Waals surface area contributed by atoms with Gasteiger partial charge in [-0.2, -0.15) is 4.98 Å². The Morgan fingerprint density at radius 3 is 2.59 bits per heavy atom. The molecule has 1 unspecified atom stereocenters. The van der Waals surface area contributed by atoms with Crippen LogP contribution in [0.1, 0.15) is 50.6 Å². The SMILES string of the molecule is CC(Nc1ccnc(NC2CCCCC2)n1)c1ccccc1. The fourth-order valence-electron chi connectivity index (χ4n) is 2.99. The predicted molar refractivity (Wildman–Crippen MR) is 91.0 cm³/mol. The zero-order valence-corrected chi connectivity index (χ0v) is 13.1. The third-order valence-corrected chi connectivity index (χ3v) is 4.26. The van der Waals surface area contributed by atoms with E-state index in [9.17, 15) is 0 Å². The van der Waals surface area contributed by atoms with Gasteiger partial charge >= 0.3 is 0 Å². The quantitative estimate of drug-likeness (QED) is 0.859. The van der Waals surface area contributed by atoms with E-state index in [-0.39, 0.29) is 6.04 Å². The van der Waals surface area contributed by atoms with E-state index in [1.54, 1.807) is 0 Å². The van der Waals surface area contributed by atoms with Gasteiger partial charge in [0.25, 0.3) is 0 Å². The zero-order valence-electron chi connectivity index (χ0n) is 13.1. The molecule has 1 heterocycles. The van der Waals surface area contributed by atoms with E-state index in [4.69, 9.17) is 0 Å². The highest BCUT2D eigenvalue weighted by Gasteiger charge is 2.14. The Kier molecular flexibility index (Phi) is 4.88. The first-order valence-electron chi connectivity index (χ1n) is 8.22. The third-order valence-electron chi connectivity index (χ3n) is 4.26. The molecule has 1 aliphatic carbocycles. The second kappa shape index (κ2) is 7.25. The summed E-state index contributed by atoms with van der Waals surface area (Å²) in [6, 6.07) is 13.1. The molecular formula is C18H24N4. The van der Waals surface area contributed by atoms with Crippen LogP contribution in [-0.2, 0) is 0 Å². The number of rotatable bonds is 5. The van der Waals surface area contributed by atoms with Gasteiger partial charge < -0.3 is 10.6 Å². The van der Waals surface area contributed by atoms with Crippen molar-refractivity contribution in [1.82, 2.24) is 9.97 Å². The van der Waals surface area contributed by atoms with Crippen molar-refractivity contribution in [2.24, 2.45) is 0 Å². The van der Waals surface area contributed by atoms with E-state index in [2.05, 4.69) is 51.8 Å². The minimum absolute atomic E-state index is 0.221. The summed E-state index contributed by atoms with van der Waals surface area (Å²) in [6.07, 6.45) is 8.23. The molecule has 4 nitrogen and oxygen atoms in total. The van der Waals surface area contributed by atoms with Crippen LogP contribution in [0.4, 0.5) is 11.8 Å². The summed E-state index contributed by atoms with van der Waals surface area (Å²) >= 11 is 0. The molecule has 0 radical (unpaired) electrons. The van der Waals surface area contributed by atoms with Gasteiger partial charge in [0.15, 0.2) is 0 Å². The minimum Gasteiger partial charge on any atom is -0.363 e. The van der Waals surface area contributed by atoms with Crippen LogP contribution in [-0.4, -0.2) is 16.0 Å². The van der Waals surface area contributed by atoms with Gasteiger partial charge in [-0.15, -0.1) is 0 Å². The highest BCUT2D eigenvalue weighted by atomic mass is 15.2. The smallest absolute Gasteiger partial charge is 0.224 e. The molecule has 0 spiro atoms. The lowest BCUT2D eigenvalue weighted by atomic mass is 9.96. The third kappa shape index (κ3) is 3.97. The number of aromatic nitrogens is 2. The van der Waals surface area contributed by atoms with Crippen molar-refractivity contribution < 1.29 is 0 Å². The number of nitrogens with one attached hydrogen (secondary N) is 2. The van der Waals surface area contributed by atoms with E-state index in [1.807, 2.05) is 18.3 Å². The number of hydrogen-bond acceptors (Lipinski definition) is 4. The minimum atomic E-state index is 0.221. The number of hydrogen-bond donors (Lipinski definition) is 2. The molecule has 1 saturated carbocycles. The molecule has 116 valence electrons. The van der Waals surface area contributed by atoms with Crippen LogP contribution in [0.3, 0.4) is 0 Å². The Hall–Kier alpha value is -2.10. The van der Waals surface area contributed by atoms with Crippen molar-refractivity contribution in [2.75, 3.05) is 10.6 Å². The Labute approximate surface area is 132 Å². The van der Waals surface area contributed by atoms with Crippen LogP contribution in [0, 0.1) is 0 Å². The van der Waals surface area contributed by atoms with Gasteiger partial charge in [0.2, 0.25) is 5.95 Å². The summed E-state index contributed by atoms with van der Waals surface area (Å²) in [7, 11) is 0. The van der Waals surface area contributed by atoms with Gasteiger partial charge in [0.1, 0.15) is 5.82 Å². The Balaban J connectivity index is 1.63. The molecule has 4 heteroatoms. The lowest BCUT2D eigenvalue weighted by Gasteiger charge is -2.23. The average Bonchev–Trinajstić information content (AvgIpc) is 2.57. The fraction of sp³-hybridized carbons (Fsp3) is 0.444. The molecular weight excluding hydrogens is 272 g/mol. The van der Waals surface area contributed by atoms with Crippen molar-refractivity contribution in [1.29, 1.82) is 0 Å². The van der Waals surface area contributed by atoms with Crippen molar-refractivity contribution >= 4 is 11.8 Å². The van der Waals surface area contributed by atoms with Crippen molar-refractivity contribution in [3.8, 4) is 0 Å². The number of benzene rings is 1. The Morgan fingerprint density at radius 2 is 1.82 bits per heavy atom. The van der Waals surface area contributed by atoms with Crippen molar-refractivity contribution in [3.63, 3.8) is 0 Å². The monoisotopic (exact) mass is 296 g/mol. The van der Waals surface area contributed by atoms with E-state index in [1.165, 1.54) is 37.7 Å². The molecule has 0 saturated heterocycles. The summed E-state index contributed by atoms with van der Waals surface area (Å²) in [5.41, 5.74) is 1.25. The van der Waals surface area contributed by atoms with E-state index in [0.29, 0.717) is 6.04 Å². The maximum Gasteiger partial charge on any atom is 0.224 e. The molecule has 2 aromatic rings. The fourth-order valence-corrected chi connectivity index (χ4v) is 2.99. The first-order chi connectivity index (χ1) is 10.8. The molecule has 0 amide bonds. The van der Waals surface area contributed by atoms with Gasteiger partial charge in [-0.3, -0.25) is 0 Å². The summed E-state index contributed by atoms with van der Waals surface area (Å²) in [6.45, 7) is 2.14. The highest BCUT2D eigenvalue weighted by molar-refractivity contribution is 5.42. The maximum absolute atomic E-state index is 4.60. The van der Waals surface area contributed by atoms with Gasteiger partial charge in [-0.25, -0.2) is 4.98 Å². The van der Waals surface area contributed by atoms with E-state index < -0.39 is 0 Å². The topological polar surface area (TPSA) is 49.8 Å². The standard InChI is InChI=1S/C18H24N4/c1-14(15-8-4-2-5-9-15)20-17-12-13-19-18(22-17)21-16-10-6-3-7-11-16/h2,4-5,8-9,12-14,16H,3,6-7,10-11H2,1H3,(H2,19,20,21,22). The first-order valence-corrected chi connectivity index (χ1v) is 8.22. The summed E-state index contributed by atoms with van der Waals surface area (Å²) in [5.74, 6) is 1.60. The van der Waals surface area contributed by atoms with Crippen LogP contribution in [0.2, 0.25) is 0 Å². The van der Waals surface area contributed by atoms with Crippen LogP contribution >= 0.6 is 0 Å². The van der Waals surface area contributed by atoms with Crippen LogP contribution in [0.15, 0.2) is 42.6 Å². The Morgan fingerprint density at radius 1 is 1.05 bits per heavy atom. The van der Waals surface area contributed by atoms with Gasteiger partial charge in [0.05, 0.1) is 0 Å². The van der Waals surface area contributed by atoms with Crippen LogP contribution in [0.25, 0.3) is 0 Å². The van der Waals surface area contributed by atoms with Gasteiger partial charge in [-0.1, -0.05) is 49.6 Å². The lowest BCUT2D eigenvalue weighted by Crippen LogP contribution is -2.23. The Bertz CT molecular complexity index is 579. The number of nitrogens with zero attached hydrogens (tertiary/aromatic N) is 2. The largest absolute Gasteiger partial charge is 0.363 e. The van der Waals surface area contributed by atoms with Crippen LogP contribution < -0.4 is 10.6 Å². The average molecular weight is 296 g/mol. The summed E-state index contributed by atoms with van der Waals surface area (Å²) < 4.78 is 0. The van der Waals surface area contributed by atoms with Gasteiger partial charge in [0, 0.05) is 18.3 Å². The molecule has 22 heavy (non-hydrogen) atoms. The second-order valence-corrected chi connectivity index (χ2v) is 6.02. The molecule has 0 aliphatic heterocycles. The van der Waals surface area contributed by atoms with Gasteiger partial charge in [-0.05, 0) is 31.4 Å². The lowest BCUT2D eigenvalue weighted by molar-refractivity contribution is 0.461. The molecule has 3 rings (SSSR count). The number of anilines is 2. The maximum atomic E-state index is 4.60. The first kappa shape index (κ1) is 14.8.